The van der Waals surface area contributed by atoms with Gasteiger partial charge in [0.05, 0.1) is 22.2 Å². The van der Waals surface area contributed by atoms with Crippen molar-refractivity contribution in [2.24, 2.45) is 10.2 Å². The average molecular weight is 574 g/mol. The van der Waals surface area contributed by atoms with Crippen LogP contribution in [-0.2, 0) is 10.1 Å². The van der Waals surface area contributed by atoms with Gasteiger partial charge in [-0.2, -0.15) is 8.42 Å². The molecule has 0 aliphatic carbocycles. The van der Waals surface area contributed by atoms with Crippen LogP contribution in [-0.4, -0.2) is 30.6 Å². The number of rotatable bonds is 7. The Bertz CT molecular complexity index is 1710. The third-order valence-electron chi connectivity index (χ3n) is 5.52. The molecule has 0 unspecified atom stereocenters. The number of aromatic hydroxyl groups is 1. The summed E-state index contributed by atoms with van der Waals surface area (Å²) in [6.45, 7) is 3.72. The number of carbonyl (C=O) groups excluding carboxylic acids is 1. The van der Waals surface area contributed by atoms with Gasteiger partial charge >= 0.3 is 0 Å². The number of nitrogens with one attached hydrogen (secondary N) is 1. The lowest BCUT2D eigenvalue weighted by Gasteiger charge is -2.12. The van der Waals surface area contributed by atoms with Crippen LogP contribution in [0.1, 0.15) is 22.8 Å². The zero-order chi connectivity index (χ0) is 27.6. The zero-order valence-corrected chi connectivity index (χ0v) is 22.4. The molecule has 0 aliphatic rings. The Morgan fingerprint density at radius 2 is 1.79 bits per heavy atom. The number of hydrogen-bond acceptors (Lipinski definition) is 7. The Kier molecular flexibility index (Phi) is 7.89. The van der Waals surface area contributed by atoms with Gasteiger partial charge in [-0.3, -0.25) is 9.35 Å². The number of nitrogens with zero attached hydrogens (tertiary/aromatic N) is 2. The van der Waals surface area contributed by atoms with Crippen LogP contribution in [0.2, 0.25) is 10.0 Å². The minimum atomic E-state index is -4.62. The Balaban J connectivity index is 1.77. The summed E-state index contributed by atoms with van der Waals surface area (Å²) < 4.78 is 38.5. The minimum Gasteiger partial charge on any atom is -0.505 e. The molecule has 0 saturated heterocycles. The standard InChI is InChI=1S/C26H21Cl2N3O6S/c1-3-37-21-11-9-16(13-19(21)27)29-26(33)18-12-15-6-4-5-7-17(15)23(24(18)32)31-30-20-10-8-14(2)25(22(20)28)38(34,35)36/h4-13,32H,3H2,1-2H3,(H,29,33)(H,34,35,36). The van der Waals surface area contributed by atoms with Crippen LogP contribution in [0.4, 0.5) is 17.1 Å². The van der Waals surface area contributed by atoms with E-state index in [1.807, 2.05) is 6.92 Å². The number of halogens is 2. The van der Waals surface area contributed by atoms with E-state index >= 15 is 0 Å². The van der Waals surface area contributed by atoms with Gasteiger partial charge in [0.2, 0.25) is 0 Å². The number of phenolic OH excluding ortho intramolecular Hbond substituents is 1. The van der Waals surface area contributed by atoms with Crippen LogP contribution in [0.5, 0.6) is 11.5 Å². The van der Waals surface area contributed by atoms with E-state index in [9.17, 15) is 22.9 Å². The van der Waals surface area contributed by atoms with Crippen LogP contribution in [0.3, 0.4) is 0 Å². The maximum atomic E-state index is 13.1. The first kappa shape index (κ1) is 27.3. The smallest absolute Gasteiger partial charge is 0.296 e. The SMILES string of the molecule is CCOc1ccc(NC(=O)c2cc3ccccc3c(N=Nc3ccc(C)c(S(=O)(=O)O)c3Cl)c2O)cc1Cl. The van der Waals surface area contributed by atoms with Crippen molar-refractivity contribution >= 4 is 67.1 Å². The molecule has 4 aromatic carbocycles. The summed E-state index contributed by atoms with van der Waals surface area (Å²) in [5.41, 5.74) is 0.410. The van der Waals surface area contributed by atoms with Crippen LogP contribution in [0.25, 0.3) is 10.8 Å². The molecule has 0 spiro atoms. The lowest BCUT2D eigenvalue weighted by atomic mass is 10.0. The average Bonchev–Trinajstić information content (AvgIpc) is 2.85. The van der Waals surface area contributed by atoms with Crippen molar-refractivity contribution in [1.29, 1.82) is 0 Å². The molecule has 12 heteroatoms. The van der Waals surface area contributed by atoms with Crippen molar-refractivity contribution in [3.63, 3.8) is 0 Å². The van der Waals surface area contributed by atoms with Gasteiger partial charge in [-0.15, -0.1) is 10.2 Å². The van der Waals surface area contributed by atoms with Crippen molar-refractivity contribution < 1.29 is 27.6 Å². The van der Waals surface area contributed by atoms with Crippen molar-refractivity contribution in [3.8, 4) is 11.5 Å². The fourth-order valence-corrected chi connectivity index (χ4v) is 5.36. The van der Waals surface area contributed by atoms with Crippen molar-refractivity contribution in [2.75, 3.05) is 11.9 Å². The summed E-state index contributed by atoms with van der Waals surface area (Å²) >= 11 is 12.4. The highest BCUT2D eigenvalue weighted by Gasteiger charge is 2.22. The summed E-state index contributed by atoms with van der Waals surface area (Å²) in [6, 6.07) is 16.0. The Morgan fingerprint density at radius 1 is 1.05 bits per heavy atom. The normalized spacial score (nSPS) is 11.7. The zero-order valence-electron chi connectivity index (χ0n) is 20.1. The van der Waals surface area contributed by atoms with Crippen molar-refractivity contribution in [1.82, 2.24) is 0 Å². The third-order valence-corrected chi connectivity index (χ3v) is 7.35. The molecule has 1 amide bonds. The number of benzene rings is 4. The van der Waals surface area contributed by atoms with E-state index in [1.54, 1.807) is 36.4 Å². The van der Waals surface area contributed by atoms with Crippen LogP contribution < -0.4 is 10.1 Å². The number of fused-ring (bicyclic) bond motifs is 1. The number of azo groups is 1. The van der Waals surface area contributed by atoms with Crippen molar-refractivity contribution in [2.45, 2.75) is 18.7 Å². The van der Waals surface area contributed by atoms with Gasteiger partial charge in [-0.1, -0.05) is 53.5 Å². The highest BCUT2D eigenvalue weighted by Crippen LogP contribution is 2.41. The Morgan fingerprint density at radius 3 is 2.47 bits per heavy atom. The number of hydrogen-bond donors (Lipinski definition) is 3. The first-order valence-corrected chi connectivity index (χ1v) is 13.4. The van der Waals surface area contributed by atoms with E-state index in [4.69, 9.17) is 27.9 Å². The fraction of sp³-hybridized carbons (Fsp3) is 0.115. The molecule has 0 atom stereocenters. The van der Waals surface area contributed by atoms with Gasteiger partial charge in [-0.05, 0) is 55.1 Å². The molecule has 4 aromatic rings. The topological polar surface area (TPSA) is 138 Å². The highest BCUT2D eigenvalue weighted by molar-refractivity contribution is 7.86. The van der Waals surface area contributed by atoms with Gasteiger partial charge in [-0.25, -0.2) is 0 Å². The lowest BCUT2D eigenvalue weighted by molar-refractivity contribution is 0.102. The van der Waals surface area contributed by atoms with Crippen LogP contribution >= 0.6 is 23.2 Å². The molecule has 4 rings (SSSR count). The van der Waals surface area contributed by atoms with Gasteiger partial charge in [0.1, 0.15) is 22.0 Å². The second kappa shape index (κ2) is 11.0. The number of anilines is 1. The van der Waals surface area contributed by atoms with E-state index in [-0.39, 0.29) is 27.5 Å². The molecule has 0 aromatic heterocycles. The van der Waals surface area contributed by atoms with E-state index in [0.29, 0.717) is 33.8 Å². The first-order valence-electron chi connectivity index (χ1n) is 11.2. The second-order valence-corrected chi connectivity index (χ2v) is 10.2. The van der Waals surface area contributed by atoms with Gasteiger partial charge in [0.25, 0.3) is 16.0 Å². The summed E-state index contributed by atoms with van der Waals surface area (Å²) in [6.07, 6.45) is 0. The summed E-state index contributed by atoms with van der Waals surface area (Å²) in [7, 11) is -4.62. The molecule has 0 heterocycles. The maximum Gasteiger partial charge on any atom is 0.296 e. The van der Waals surface area contributed by atoms with Crippen LogP contribution in [0.15, 0.2) is 75.8 Å². The molecule has 0 bridgehead atoms. The molecule has 0 saturated carbocycles. The molecular formula is C26H21Cl2N3O6S. The molecule has 9 nitrogen and oxygen atoms in total. The van der Waals surface area contributed by atoms with E-state index < -0.39 is 26.7 Å². The molecule has 196 valence electrons. The molecule has 0 radical (unpaired) electrons. The molecule has 3 N–H and O–H groups in total. The fourth-order valence-electron chi connectivity index (χ4n) is 3.78. The predicted molar refractivity (Wildman–Crippen MR) is 146 cm³/mol. The van der Waals surface area contributed by atoms with Crippen molar-refractivity contribution in [3.05, 3.63) is 81.8 Å². The Hall–Kier alpha value is -3.70. The van der Waals surface area contributed by atoms with E-state index in [2.05, 4.69) is 15.5 Å². The number of aryl methyl sites for hydroxylation is 1. The largest absolute Gasteiger partial charge is 0.505 e. The van der Waals surface area contributed by atoms with Gasteiger partial charge < -0.3 is 15.2 Å². The molecule has 0 aliphatic heterocycles. The molecular weight excluding hydrogens is 553 g/mol. The number of phenols is 1. The highest BCUT2D eigenvalue weighted by atomic mass is 35.5. The van der Waals surface area contributed by atoms with E-state index in [1.165, 1.54) is 31.2 Å². The summed E-state index contributed by atoms with van der Waals surface area (Å²) in [5, 5.41) is 22.9. The number of carbonyl (C=O) groups is 1. The summed E-state index contributed by atoms with van der Waals surface area (Å²) in [5.74, 6) is -0.623. The van der Waals surface area contributed by atoms with Gasteiger partial charge in [0.15, 0.2) is 5.75 Å². The van der Waals surface area contributed by atoms with Crippen LogP contribution in [0, 0.1) is 6.92 Å². The van der Waals surface area contributed by atoms with Gasteiger partial charge in [0, 0.05) is 11.1 Å². The number of ether oxygens (including phenoxy) is 1. The predicted octanol–water partition coefficient (Wildman–Crippen LogP) is 7.47. The first-order chi connectivity index (χ1) is 18.0. The monoisotopic (exact) mass is 573 g/mol. The molecule has 38 heavy (non-hydrogen) atoms. The second-order valence-electron chi connectivity index (χ2n) is 8.09. The summed E-state index contributed by atoms with van der Waals surface area (Å²) in [4.78, 5) is 12.6. The quantitative estimate of drug-likeness (QED) is 0.155. The van der Waals surface area contributed by atoms with E-state index in [0.717, 1.165) is 0 Å². The molecule has 0 fully saturated rings. The number of amides is 1. The Labute approximate surface area is 228 Å². The maximum absolute atomic E-state index is 13.1. The minimum absolute atomic E-state index is 0.0389. The third kappa shape index (κ3) is 5.58. The lowest BCUT2D eigenvalue weighted by Crippen LogP contribution is -2.12.